The number of anilines is 1. The smallest absolute Gasteiger partial charge is 0.294 e. The van der Waals surface area contributed by atoms with E-state index in [1.165, 1.54) is 0 Å². The van der Waals surface area contributed by atoms with Gasteiger partial charge in [0.2, 0.25) is 11.9 Å². The monoisotopic (exact) mass is 392 g/mol. The summed E-state index contributed by atoms with van der Waals surface area (Å²) in [5, 5.41) is 12.2. The molecule has 1 heterocycles. The summed E-state index contributed by atoms with van der Waals surface area (Å²) in [4.78, 5) is 21.7. The van der Waals surface area contributed by atoms with Crippen molar-refractivity contribution in [3.8, 4) is 0 Å². The minimum Gasteiger partial charge on any atom is -0.369 e. The molecule has 146 valence electrons. The van der Waals surface area contributed by atoms with Gasteiger partial charge in [0.25, 0.3) is 5.69 Å². The highest BCUT2D eigenvalue weighted by atomic mass is 35.5. The molecule has 0 radical (unpaired) electrons. The number of halogens is 1. The first kappa shape index (κ1) is 19.4. The summed E-state index contributed by atoms with van der Waals surface area (Å²) in [5.41, 5.74) is 11.9. The Hall–Kier alpha value is -2.35. The van der Waals surface area contributed by atoms with E-state index >= 15 is 0 Å². The van der Waals surface area contributed by atoms with Crippen LogP contribution in [0.3, 0.4) is 0 Å². The van der Waals surface area contributed by atoms with Gasteiger partial charge in [-0.25, -0.2) is 4.99 Å². The zero-order valence-corrected chi connectivity index (χ0v) is 16.6. The van der Waals surface area contributed by atoms with Gasteiger partial charge in [0.15, 0.2) is 0 Å². The number of hydrogen-bond acceptors (Lipinski definition) is 7. The van der Waals surface area contributed by atoms with Crippen molar-refractivity contribution in [3.05, 3.63) is 32.8 Å². The molecule has 0 aromatic heterocycles. The molecule has 0 amide bonds. The van der Waals surface area contributed by atoms with Crippen LogP contribution in [-0.4, -0.2) is 22.5 Å². The van der Waals surface area contributed by atoms with E-state index in [0.717, 1.165) is 24.8 Å². The lowest BCUT2D eigenvalue weighted by Gasteiger charge is -2.45. The van der Waals surface area contributed by atoms with E-state index in [9.17, 15) is 10.1 Å². The molecule has 1 fully saturated rings. The van der Waals surface area contributed by atoms with Crippen LogP contribution in [0, 0.1) is 10.1 Å². The largest absolute Gasteiger partial charge is 0.369 e. The summed E-state index contributed by atoms with van der Waals surface area (Å²) in [7, 11) is 0. The van der Waals surface area contributed by atoms with Crippen molar-refractivity contribution in [1.82, 2.24) is 0 Å². The van der Waals surface area contributed by atoms with Crippen molar-refractivity contribution in [3.63, 3.8) is 0 Å². The summed E-state index contributed by atoms with van der Waals surface area (Å²) < 4.78 is 0. The summed E-state index contributed by atoms with van der Waals surface area (Å²) in [6, 6.07) is 3.32. The van der Waals surface area contributed by atoms with Crippen LogP contribution in [0.1, 0.15) is 58.4 Å². The first-order valence-electron chi connectivity index (χ1n) is 9.03. The van der Waals surface area contributed by atoms with Crippen LogP contribution >= 0.6 is 11.6 Å². The molecule has 1 saturated carbocycles. The third kappa shape index (κ3) is 3.45. The van der Waals surface area contributed by atoms with E-state index < -0.39 is 10.6 Å². The van der Waals surface area contributed by atoms with E-state index in [1.807, 2.05) is 20.8 Å². The fraction of sp³-hybridized carbons (Fsp3) is 0.556. The van der Waals surface area contributed by atoms with Crippen molar-refractivity contribution in [2.45, 2.75) is 64.0 Å². The number of nitro benzene ring substituents is 1. The van der Waals surface area contributed by atoms with Gasteiger partial charge < -0.3 is 11.5 Å². The maximum Gasteiger partial charge on any atom is 0.294 e. The average molecular weight is 393 g/mol. The maximum atomic E-state index is 11.9. The van der Waals surface area contributed by atoms with Crippen molar-refractivity contribution >= 4 is 34.9 Å². The molecule has 0 saturated heterocycles. The molecule has 2 aliphatic rings. The molecule has 27 heavy (non-hydrogen) atoms. The lowest BCUT2D eigenvalue weighted by atomic mass is 9.85. The van der Waals surface area contributed by atoms with Crippen molar-refractivity contribution < 1.29 is 4.92 Å². The van der Waals surface area contributed by atoms with E-state index in [2.05, 4.69) is 9.98 Å². The zero-order valence-electron chi connectivity index (χ0n) is 15.8. The van der Waals surface area contributed by atoms with Crippen LogP contribution in [0.4, 0.5) is 11.4 Å². The van der Waals surface area contributed by atoms with Crippen molar-refractivity contribution in [2.24, 2.45) is 21.5 Å². The molecule has 0 bridgehead atoms. The summed E-state index contributed by atoms with van der Waals surface area (Å²) in [6.07, 6.45) is 4.27. The second kappa shape index (κ2) is 6.67. The van der Waals surface area contributed by atoms with E-state index in [-0.39, 0.29) is 33.7 Å². The second-order valence-electron chi connectivity index (χ2n) is 8.15. The highest BCUT2D eigenvalue weighted by molar-refractivity contribution is 6.34. The van der Waals surface area contributed by atoms with Gasteiger partial charge in [-0.15, -0.1) is 0 Å². The predicted octanol–water partition coefficient (Wildman–Crippen LogP) is 3.66. The van der Waals surface area contributed by atoms with Gasteiger partial charge in [0, 0.05) is 6.07 Å². The minimum atomic E-state index is -0.786. The molecule has 0 atom stereocenters. The number of benzene rings is 1. The molecule has 1 aliphatic heterocycles. The van der Waals surface area contributed by atoms with Gasteiger partial charge in [-0.1, -0.05) is 38.8 Å². The normalized spacial score (nSPS) is 19.6. The molecule has 1 spiro atoms. The Kier molecular flexibility index (Phi) is 4.80. The average Bonchev–Trinajstić information content (AvgIpc) is 2.54. The van der Waals surface area contributed by atoms with Gasteiger partial charge in [0.1, 0.15) is 11.4 Å². The highest BCUT2D eigenvalue weighted by Gasteiger charge is 2.46. The third-order valence-corrected chi connectivity index (χ3v) is 5.47. The van der Waals surface area contributed by atoms with Crippen LogP contribution in [0.25, 0.3) is 0 Å². The molecule has 8 nitrogen and oxygen atoms in total. The predicted molar refractivity (Wildman–Crippen MR) is 108 cm³/mol. The van der Waals surface area contributed by atoms with E-state index in [1.54, 1.807) is 17.0 Å². The molecular weight excluding hydrogens is 368 g/mol. The lowest BCUT2D eigenvalue weighted by molar-refractivity contribution is -0.384. The molecule has 9 heteroatoms. The minimum absolute atomic E-state index is 0.0814. The van der Waals surface area contributed by atoms with Crippen LogP contribution < -0.4 is 16.4 Å². The fourth-order valence-electron chi connectivity index (χ4n) is 3.82. The molecular formula is C18H25ClN6O2. The zero-order chi connectivity index (χ0) is 20.0. The Labute approximate surface area is 163 Å². The lowest BCUT2D eigenvalue weighted by Crippen LogP contribution is -2.58. The Balaban J connectivity index is 2.24. The number of nitro groups is 1. The second-order valence-corrected chi connectivity index (χ2v) is 8.56. The number of hydrogen-bond donors (Lipinski definition) is 2. The number of nitrogens with zero attached hydrogens (tertiary/aromatic N) is 4. The van der Waals surface area contributed by atoms with Crippen LogP contribution in [0.5, 0.6) is 0 Å². The quantitative estimate of drug-likeness (QED) is 0.587. The maximum absolute atomic E-state index is 11.9. The van der Waals surface area contributed by atoms with Gasteiger partial charge in [-0.3, -0.25) is 15.0 Å². The van der Waals surface area contributed by atoms with Crippen LogP contribution in [-0.2, 0) is 5.41 Å². The van der Waals surface area contributed by atoms with Crippen molar-refractivity contribution in [1.29, 1.82) is 0 Å². The number of rotatable bonds is 2. The SMILES string of the molecule is CC(C)(C)c1cc(Cl)c(N2C(N)=NC(N)=NC23CCCCC3)c([N+](=O)[O-])c1. The first-order valence-corrected chi connectivity index (χ1v) is 9.41. The summed E-state index contributed by atoms with van der Waals surface area (Å²) in [6.45, 7) is 5.94. The standard InChI is InChI=1S/C18H25ClN6O2/c1-17(2,3)11-9-12(19)14(13(10-11)25(26)27)24-16(21)22-15(20)23-18(24)7-5-4-6-8-18/h9-10H,4-8H2,1-3H3,(H4,20,21,22,23). The molecule has 1 aliphatic carbocycles. The van der Waals surface area contributed by atoms with E-state index in [0.29, 0.717) is 12.8 Å². The molecule has 0 unspecified atom stereocenters. The third-order valence-electron chi connectivity index (χ3n) is 5.18. The highest BCUT2D eigenvalue weighted by Crippen LogP contribution is 2.47. The molecule has 1 aromatic carbocycles. The van der Waals surface area contributed by atoms with Gasteiger partial charge in [0.05, 0.1) is 9.95 Å². The van der Waals surface area contributed by atoms with Crippen molar-refractivity contribution in [2.75, 3.05) is 4.90 Å². The molecule has 3 rings (SSSR count). The number of aliphatic imine (C=N–C) groups is 2. The summed E-state index contributed by atoms with van der Waals surface area (Å²) in [5.74, 6) is 0.175. The van der Waals surface area contributed by atoms with Crippen LogP contribution in [0.2, 0.25) is 5.02 Å². The first-order chi connectivity index (χ1) is 12.5. The van der Waals surface area contributed by atoms with Gasteiger partial charge >= 0.3 is 0 Å². The Bertz CT molecular complexity index is 837. The van der Waals surface area contributed by atoms with Gasteiger partial charge in [-0.2, -0.15) is 4.99 Å². The number of guanidine groups is 2. The molecule has 1 aromatic rings. The number of nitrogens with two attached hydrogens (primary N) is 2. The van der Waals surface area contributed by atoms with Gasteiger partial charge in [-0.05, 0) is 42.7 Å². The Morgan fingerprint density at radius 1 is 1.22 bits per heavy atom. The fourth-order valence-corrected chi connectivity index (χ4v) is 4.12. The molecule has 4 N–H and O–H groups in total. The summed E-state index contributed by atoms with van der Waals surface area (Å²) >= 11 is 6.59. The van der Waals surface area contributed by atoms with Crippen LogP contribution in [0.15, 0.2) is 22.1 Å². The van der Waals surface area contributed by atoms with E-state index in [4.69, 9.17) is 23.1 Å². The Morgan fingerprint density at radius 3 is 2.41 bits per heavy atom. The topological polar surface area (TPSA) is 123 Å². The Morgan fingerprint density at radius 2 is 1.85 bits per heavy atom.